The van der Waals surface area contributed by atoms with Crippen LogP contribution in [0.5, 0.6) is 0 Å². The van der Waals surface area contributed by atoms with Gasteiger partial charge in [-0.25, -0.2) is 0 Å². The molecule has 100 valence electrons. The summed E-state index contributed by atoms with van der Waals surface area (Å²) in [5, 5.41) is 11.4. The predicted molar refractivity (Wildman–Crippen MR) is 76.3 cm³/mol. The molecule has 18 heavy (non-hydrogen) atoms. The van der Waals surface area contributed by atoms with Crippen molar-refractivity contribution in [2.24, 2.45) is 10.9 Å². The smallest absolute Gasteiger partial charge is 0.139 e. The van der Waals surface area contributed by atoms with Crippen molar-refractivity contribution in [3.05, 3.63) is 29.8 Å². The van der Waals surface area contributed by atoms with Gasteiger partial charge in [0, 0.05) is 25.2 Å². The zero-order valence-corrected chi connectivity index (χ0v) is 11.3. The van der Waals surface area contributed by atoms with Gasteiger partial charge in [-0.15, -0.1) is 0 Å². The summed E-state index contributed by atoms with van der Waals surface area (Å²) < 4.78 is 0. The predicted octanol–water partition coefficient (Wildman–Crippen LogP) is 2.74. The standard InChI is InChI=1S/C14H23N3O/c1-3-17(11-5-4-6-14(15)16-18)13-9-7-12(2)8-10-13/h7-10,18H,3-6,11H2,1-2H3,(H2,15,16). The third kappa shape index (κ3) is 4.65. The molecule has 1 rings (SSSR count). The van der Waals surface area contributed by atoms with E-state index in [9.17, 15) is 0 Å². The number of amidine groups is 1. The Hall–Kier alpha value is -1.71. The van der Waals surface area contributed by atoms with E-state index in [1.165, 1.54) is 11.3 Å². The van der Waals surface area contributed by atoms with Gasteiger partial charge in [0.15, 0.2) is 0 Å². The maximum Gasteiger partial charge on any atom is 0.139 e. The summed E-state index contributed by atoms with van der Waals surface area (Å²) >= 11 is 0. The summed E-state index contributed by atoms with van der Waals surface area (Å²) in [5.41, 5.74) is 7.97. The van der Waals surface area contributed by atoms with E-state index in [4.69, 9.17) is 10.9 Å². The van der Waals surface area contributed by atoms with E-state index in [1.807, 2.05) is 0 Å². The molecule has 4 heteroatoms. The quantitative estimate of drug-likeness (QED) is 0.257. The average Bonchev–Trinajstić information content (AvgIpc) is 2.40. The molecule has 0 aliphatic carbocycles. The number of unbranched alkanes of at least 4 members (excludes halogenated alkanes) is 1. The topological polar surface area (TPSA) is 61.8 Å². The van der Waals surface area contributed by atoms with Crippen molar-refractivity contribution in [1.82, 2.24) is 0 Å². The van der Waals surface area contributed by atoms with Crippen molar-refractivity contribution in [3.63, 3.8) is 0 Å². The highest BCUT2D eigenvalue weighted by Gasteiger charge is 2.03. The highest BCUT2D eigenvalue weighted by atomic mass is 16.4. The van der Waals surface area contributed by atoms with Crippen LogP contribution >= 0.6 is 0 Å². The van der Waals surface area contributed by atoms with Crippen molar-refractivity contribution in [3.8, 4) is 0 Å². The minimum absolute atomic E-state index is 0.313. The van der Waals surface area contributed by atoms with Crippen LogP contribution in [-0.4, -0.2) is 24.1 Å². The summed E-state index contributed by atoms with van der Waals surface area (Å²) in [6.45, 7) is 6.24. The fraction of sp³-hybridized carbons (Fsp3) is 0.500. The van der Waals surface area contributed by atoms with Gasteiger partial charge in [0.25, 0.3) is 0 Å². The molecule has 4 nitrogen and oxygen atoms in total. The molecular weight excluding hydrogens is 226 g/mol. The maximum atomic E-state index is 8.45. The highest BCUT2D eigenvalue weighted by molar-refractivity contribution is 5.79. The van der Waals surface area contributed by atoms with Gasteiger partial charge in [0.05, 0.1) is 0 Å². The first-order chi connectivity index (χ1) is 8.67. The van der Waals surface area contributed by atoms with Crippen LogP contribution in [0.25, 0.3) is 0 Å². The molecule has 0 unspecified atom stereocenters. The van der Waals surface area contributed by atoms with Crippen LogP contribution in [0.15, 0.2) is 29.4 Å². The first-order valence-electron chi connectivity index (χ1n) is 6.45. The van der Waals surface area contributed by atoms with Crippen LogP contribution in [0, 0.1) is 6.92 Å². The van der Waals surface area contributed by atoms with E-state index in [0.717, 1.165) is 25.9 Å². The lowest BCUT2D eigenvalue weighted by atomic mass is 10.2. The lowest BCUT2D eigenvalue weighted by Crippen LogP contribution is -2.24. The van der Waals surface area contributed by atoms with Crippen LogP contribution in [0.4, 0.5) is 5.69 Å². The third-order valence-corrected chi connectivity index (χ3v) is 3.02. The molecule has 0 amide bonds. The molecule has 0 spiro atoms. The fourth-order valence-corrected chi connectivity index (χ4v) is 1.88. The Bertz CT molecular complexity index is 373. The van der Waals surface area contributed by atoms with Crippen molar-refractivity contribution in [2.45, 2.75) is 33.1 Å². The van der Waals surface area contributed by atoms with Gasteiger partial charge in [-0.2, -0.15) is 0 Å². The summed E-state index contributed by atoms with van der Waals surface area (Å²) in [6.07, 6.45) is 2.64. The Kier molecular flexibility index (Phi) is 6.05. The first kappa shape index (κ1) is 14.4. The number of rotatable bonds is 7. The van der Waals surface area contributed by atoms with E-state index in [0.29, 0.717) is 12.3 Å². The normalized spacial score (nSPS) is 11.6. The average molecular weight is 249 g/mol. The second kappa shape index (κ2) is 7.58. The van der Waals surface area contributed by atoms with Crippen molar-refractivity contribution in [2.75, 3.05) is 18.0 Å². The Labute approximate surface area is 109 Å². The Balaban J connectivity index is 2.40. The van der Waals surface area contributed by atoms with Crippen LogP contribution < -0.4 is 10.6 Å². The highest BCUT2D eigenvalue weighted by Crippen LogP contribution is 2.15. The zero-order chi connectivity index (χ0) is 13.4. The van der Waals surface area contributed by atoms with Crippen molar-refractivity contribution >= 4 is 11.5 Å². The van der Waals surface area contributed by atoms with Crippen LogP contribution in [-0.2, 0) is 0 Å². The molecule has 0 radical (unpaired) electrons. The summed E-state index contributed by atoms with van der Waals surface area (Å²) in [4.78, 5) is 2.34. The van der Waals surface area contributed by atoms with Gasteiger partial charge < -0.3 is 15.8 Å². The number of hydrogen-bond donors (Lipinski definition) is 2. The molecule has 0 heterocycles. The number of hydrogen-bond acceptors (Lipinski definition) is 3. The van der Waals surface area contributed by atoms with Gasteiger partial charge in [-0.05, 0) is 38.8 Å². The number of anilines is 1. The molecule has 1 aromatic rings. The molecule has 0 atom stereocenters. The lowest BCUT2D eigenvalue weighted by molar-refractivity contribution is 0.316. The molecule has 3 N–H and O–H groups in total. The number of nitrogens with two attached hydrogens (primary N) is 1. The molecule has 0 fully saturated rings. The Morgan fingerprint density at radius 1 is 1.28 bits per heavy atom. The number of nitrogens with zero attached hydrogens (tertiary/aromatic N) is 2. The Morgan fingerprint density at radius 3 is 2.50 bits per heavy atom. The molecule has 0 aliphatic heterocycles. The van der Waals surface area contributed by atoms with Gasteiger partial charge in [0.2, 0.25) is 0 Å². The number of benzene rings is 1. The minimum Gasteiger partial charge on any atom is -0.409 e. The van der Waals surface area contributed by atoms with E-state index < -0.39 is 0 Å². The second-order valence-electron chi connectivity index (χ2n) is 4.46. The van der Waals surface area contributed by atoms with E-state index in [-0.39, 0.29) is 0 Å². The van der Waals surface area contributed by atoms with Gasteiger partial charge in [0.1, 0.15) is 5.84 Å². The van der Waals surface area contributed by atoms with E-state index >= 15 is 0 Å². The monoisotopic (exact) mass is 249 g/mol. The molecule has 0 bridgehead atoms. The summed E-state index contributed by atoms with van der Waals surface area (Å²) in [6, 6.07) is 8.58. The van der Waals surface area contributed by atoms with Gasteiger partial charge in [-0.3, -0.25) is 0 Å². The van der Waals surface area contributed by atoms with Gasteiger partial charge in [-0.1, -0.05) is 22.9 Å². The molecule has 0 saturated carbocycles. The second-order valence-corrected chi connectivity index (χ2v) is 4.46. The SMILES string of the molecule is CCN(CCCCC(N)=NO)c1ccc(C)cc1. The molecule has 1 aromatic carbocycles. The van der Waals surface area contributed by atoms with Crippen molar-refractivity contribution < 1.29 is 5.21 Å². The number of oxime groups is 1. The first-order valence-corrected chi connectivity index (χ1v) is 6.45. The van der Waals surface area contributed by atoms with Gasteiger partial charge >= 0.3 is 0 Å². The third-order valence-electron chi connectivity index (χ3n) is 3.02. The van der Waals surface area contributed by atoms with Crippen LogP contribution in [0.1, 0.15) is 31.7 Å². The molecule has 0 saturated heterocycles. The molecular formula is C14H23N3O. The molecule has 0 aromatic heterocycles. The van der Waals surface area contributed by atoms with Crippen molar-refractivity contribution in [1.29, 1.82) is 0 Å². The zero-order valence-electron chi connectivity index (χ0n) is 11.3. The van der Waals surface area contributed by atoms with E-state index in [2.05, 4.69) is 48.2 Å². The largest absolute Gasteiger partial charge is 0.409 e. The molecule has 0 aliphatic rings. The maximum absolute atomic E-state index is 8.45. The van der Waals surface area contributed by atoms with E-state index in [1.54, 1.807) is 0 Å². The number of aryl methyl sites for hydroxylation is 1. The Morgan fingerprint density at radius 2 is 1.94 bits per heavy atom. The fourth-order valence-electron chi connectivity index (χ4n) is 1.88. The summed E-state index contributed by atoms with van der Waals surface area (Å²) in [7, 11) is 0. The lowest BCUT2D eigenvalue weighted by Gasteiger charge is -2.23. The summed E-state index contributed by atoms with van der Waals surface area (Å²) in [5.74, 6) is 0.313. The van der Waals surface area contributed by atoms with Crippen LogP contribution in [0.2, 0.25) is 0 Å². The minimum atomic E-state index is 0.313. The van der Waals surface area contributed by atoms with Crippen LogP contribution in [0.3, 0.4) is 0 Å².